The molecule has 1 saturated heterocycles. The number of aromatic nitrogens is 3. The maximum atomic E-state index is 12.4. The topological polar surface area (TPSA) is 68.2 Å². The van der Waals surface area contributed by atoms with Crippen molar-refractivity contribution in [1.82, 2.24) is 15.0 Å². The predicted octanol–water partition coefficient (Wildman–Crippen LogP) is 3.50. The fourth-order valence-electron chi connectivity index (χ4n) is 4.20. The van der Waals surface area contributed by atoms with Gasteiger partial charge in [-0.2, -0.15) is 0 Å². The number of carbonyl (C=O) groups excluding carboxylic acids is 1. The molecule has 0 atom stereocenters. The van der Waals surface area contributed by atoms with Crippen LogP contribution in [0.15, 0.2) is 22.9 Å². The molecule has 4 rings (SSSR count). The van der Waals surface area contributed by atoms with Crippen molar-refractivity contribution < 1.29 is 9.53 Å². The molecule has 142 valence electrons. The Bertz CT molecular complexity index is 851. The molecule has 7 heteroatoms. The Morgan fingerprint density at radius 2 is 2.07 bits per heavy atom. The standard InChI is InChI=1S/C20H23BrN4O2/c1-3-27-19(26)16-18(23-13(2)17(21)24-16)25-9-6-20(7-10-25)11-14-5-4-8-22-15(14)12-20/h4-5,8H,3,6-7,9-12H2,1-2H3. The van der Waals surface area contributed by atoms with Crippen LogP contribution in [0, 0.1) is 12.3 Å². The minimum Gasteiger partial charge on any atom is -0.461 e. The fraction of sp³-hybridized carbons (Fsp3) is 0.500. The number of carbonyl (C=O) groups is 1. The Labute approximate surface area is 167 Å². The Balaban J connectivity index is 1.55. The molecule has 6 nitrogen and oxygen atoms in total. The number of nitrogens with zero attached hydrogens (tertiary/aromatic N) is 4. The fourth-order valence-corrected chi connectivity index (χ4v) is 4.47. The molecule has 0 radical (unpaired) electrons. The third-order valence-corrected chi connectivity index (χ3v) is 6.43. The van der Waals surface area contributed by atoms with Gasteiger partial charge in [-0.25, -0.2) is 14.8 Å². The summed E-state index contributed by atoms with van der Waals surface area (Å²) in [6.45, 7) is 5.72. The van der Waals surface area contributed by atoms with Crippen molar-refractivity contribution in [1.29, 1.82) is 0 Å². The number of halogens is 1. The molecule has 2 aliphatic rings. The Hall–Kier alpha value is -2.02. The minimum absolute atomic E-state index is 0.287. The summed E-state index contributed by atoms with van der Waals surface area (Å²) in [6.07, 6.45) is 6.15. The monoisotopic (exact) mass is 430 g/mol. The molecule has 0 amide bonds. The van der Waals surface area contributed by atoms with E-state index in [0.717, 1.165) is 44.5 Å². The van der Waals surface area contributed by atoms with Crippen molar-refractivity contribution in [3.63, 3.8) is 0 Å². The molecule has 1 fully saturated rings. The number of piperidine rings is 1. The number of esters is 1. The molecule has 2 aromatic rings. The van der Waals surface area contributed by atoms with E-state index in [0.29, 0.717) is 22.7 Å². The molecule has 0 unspecified atom stereocenters. The highest BCUT2D eigenvalue weighted by Gasteiger charge is 2.41. The maximum absolute atomic E-state index is 12.4. The molecule has 27 heavy (non-hydrogen) atoms. The van der Waals surface area contributed by atoms with Crippen molar-refractivity contribution in [2.24, 2.45) is 5.41 Å². The summed E-state index contributed by atoms with van der Waals surface area (Å²) in [4.78, 5) is 28.2. The Morgan fingerprint density at radius 3 is 2.78 bits per heavy atom. The zero-order valence-electron chi connectivity index (χ0n) is 15.7. The highest BCUT2D eigenvalue weighted by molar-refractivity contribution is 9.10. The van der Waals surface area contributed by atoms with Gasteiger partial charge in [0.25, 0.3) is 0 Å². The van der Waals surface area contributed by atoms with Crippen molar-refractivity contribution in [3.8, 4) is 0 Å². The van der Waals surface area contributed by atoms with Crippen LogP contribution in [-0.2, 0) is 17.6 Å². The van der Waals surface area contributed by atoms with E-state index in [1.54, 1.807) is 6.92 Å². The smallest absolute Gasteiger partial charge is 0.360 e. The van der Waals surface area contributed by atoms with E-state index in [9.17, 15) is 4.79 Å². The number of pyridine rings is 1. The highest BCUT2D eigenvalue weighted by Crippen LogP contribution is 2.44. The van der Waals surface area contributed by atoms with Gasteiger partial charge in [0.05, 0.1) is 12.3 Å². The third kappa shape index (κ3) is 3.45. The van der Waals surface area contributed by atoms with Crippen LogP contribution < -0.4 is 4.90 Å². The van der Waals surface area contributed by atoms with E-state index in [1.807, 2.05) is 19.2 Å². The second-order valence-electron chi connectivity index (χ2n) is 7.44. The lowest BCUT2D eigenvalue weighted by molar-refractivity contribution is 0.0519. The summed E-state index contributed by atoms with van der Waals surface area (Å²) in [5.74, 6) is 0.219. The average molecular weight is 431 g/mol. The lowest BCUT2D eigenvalue weighted by Crippen LogP contribution is -2.42. The molecule has 1 aliphatic carbocycles. The van der Waals surface area contributed by atoms with Crippen molar-refractivity contribution in [3.05, 3.63) is 45.6 Å². The number of rotatable bonds is 3. The number of fused-ring (bicyclic) bond motifs is 1. The van der Waals surface area contributed by atoms with Crippen molar-refractivity contribution in [2.75, 3.05) is 24.6 Å². The normalized spacial score (nSPS) is 17.8. The second-order valence-corrected chi connectivity index (χ2v) is 8.19. The summed E-state index contributed by atoms with van der Waals surface area (Å²) in [6, 6.07) is 4.23. The maximum Gasteiger partial charge on any atom is 0.360 e. The summed E-state index contributed by atoms with van der Waals surface area (Å²) < 4.78 is 5.78. The van der Waals surface area contributed by atoms with E-state index >= 15 is 0 Å². The van der Waals surface area contributed by atoms with Gasteiger partial charge >= 0.3 is 5.97 Å². The third-order valence-electron chi connectivity index (χ3n) is 5.68. The van der Waals surface area contributed by atoms with Crippen LogP contribution in [0.3, 0.4) is 0 Å². The van der Waals surface area contributed by atoms with Gasteiger partial charge in [0.1, 0.15) is 4.60 Å². The molecule has 1 aliphatic heterocycles. The second kappa shape index (κ2) is 7.19. The summed E-state index contributed by atoms with van der Waals surface area (Å²) in [7, 11) is 0. The van der Waals surface area contributed by atoms with Crippen LogP contribution in [0.2, 0.25) is 0 Å². The zero-order chi connectivity index (χ0) is 19.0. The van der Waals surface area contributed by atoms with E-state index in [1.165, 1.54) is 11.3 Å². The lowest BCUT2D eigenvalue weighted by Gasteiger charge is -2.40. The van der Waals surface area contributed by atoms with Gasteiger partial charge in [0.15, 0.2) is 11.5 Å². The Kier molecular flexibility index (Phi) is 4.88. The zero-order valence-corrected chi connectivity index (χ0v) is 17.3. The van der Waals surface area contributed by atoms with E-state index in [2.05, 4.69) is 41.8 Å². The number of hydrogen-bond acceptors (Lipinski definition) is 6. The first kappa shape index (κ1) is 18.3. The first-order valence-corrected chi connectivity index (χ1v) is 10.2. The quantitative estimate of drug-likeness (QED) is 0.693. The van der Waals surface area contributed by atoms with Gasteiger partial charge in [-0.1, -0.05) is 6.07 Å². The molecule has 2 aromatic heterocycles. The lowest BCUT2D eigenvalue weighted by atomic mass is 9.76. The summed E-state index contributed by atoms with van der Waals surface area (Å²) in [5.41, 5.74) is 3.99. The molecular formula is C20H23BrN4O2. The number of hydrogen-bond donors (Lipinski definition) is 0. The predicted molar refractivity (Wildman–Crippen MR) is 106 cm³/mol. The molecule has 0 aromatic carbocycles. The van der Waals surface area contributed by atoms with Crippen LogP contribution in [-0.4, -0.2) is 40.6 Å². The number of aryl methyl sites for hydroxylation is 1. The first-order chi connectivity index (χ1) is 13.0. The summed E-state index contributed by atoms with van der Waals surface area (Å²) >= 11 is 3.38. The molecule has 3 heterocycles. The van der Waals surface area contributed by atoms with Gasteiger partial charge < -0.3 is 9.64 Å². The van der Waals surface area contributed by atoms with Crippen LogP contribution >= 0.6 is 15.9 Å². The first-order valence-electron chi connectivity index (χ1n) is 9.40. The molecule has 0 bridgehead atoms. The molecule has 1 spiro atoms. The van der Waals surface area contributed by atoms with Crippen LogP contribution in [0.5, 0.6) is 0 Å². The largest absolute Gasteiger partial charge is 0.461 e. The number of ether oxygens (including phenoxy) is 1. The SMILES string of the molecule is CCOC(=O)c1nc(Br)c(C)nc1N1CCC2(CC1)Cc1cccnc1C2. The minimum atomic E-state index is -0.418. The number of anilines is 1. The van der Waals surface area contributed by atoms with E-state index < -0.39 is 5.97 Å². The van der Waals surface area contributed by atoms with Crippen molar-refractivity contribution >= 4 is 27.7 Å². The Morgan fingerprint density at radius 1 is 1.30 bits per heavy atom. The molecule has 0 N–H and O–H groups in total. The van der Waals surface area contributed by atoms with Gasteiger partial charge in [-0.3, -0.25) is 4.98 Å². The molecular weight excluding hydrogens is 408 g/mol. The van der Waals surface area contributed by atoms with Gasteiger partial charge in [0.2, 0.25) is 0 Å². The average Bonchev–Trinajstić information content (AvgIpc) is 3.02. The van der Waals surface area contributed by atoms with Crippen LogP contribution in [0.4, 0.5) is 5.82 Å². The van der Waals surface area contributed by atoms with Gasteiger partial charge in [-0.15, -0.1) is 0 Å². The summed E-state index contributed by atoms with van der Waals surface area (Å²) in [5, 5.41) is 0. The molecule has 0 saturated carbocycles. The highest BCUT2D eigenvalue weighted by atomic mass is 79.9. The van der Waals surface area contributed by atoms with Gasteiger partial charge in [-0.05, 0) is 72.5 Å². The van der Waals surface area contributed by atoms with Crippen LogP contribution in [0.25, 0.3) is 0 Å². The van der Waals surface area contributed by atoms with E-state index in [4.69, 9.17) is 4.74 Å². The van der Waals surface area contributed by atoms with Crippen molar-refractivity contribution in [2.45, 2.75) is 39.5 Å². The van der Waals surface area contributed by atoms with E-state index in [-0.39, 0.29) is 5.41 Å². The van der Waals surface area contributed by atoms with Crippen LogP contribution in [0.1, 0.15) is 47.2 Å². The van der Waals surface area contributed by atoms with Gasteiger partial charge in [0, 0.05) is 25.0 Å².